The largest absolute Gasteiger partial charge is 0.399 e. The van der Waals surface area contributed by atoms with E-state index in [9.17, 15) is 9.90 Å². The van der Waals surface area contributed by atoms with Gasteiger partial charge < -0.3 is 15.7 Å². The van der Waals surface area contributed by atoms with Crippen LogP contribution in [0.25, 0.3) is 0 Å². The van der Waals surface area contributed by atoms with Gasteiger partial charge in [-0.05, 0) is 24.3 Å². The smallest absolute Gasteiger partial charge is 0.204 e. The summed E-state index contributed by atoms with van der Waals surface area (Å²) in [6, 6.07) is 8.91. The highest BCUT2D eigenvalue weighted by atomic mass is 16.3. The fourth-order valence-electron chi connectivity index (χ4n) is 3.03. The first-order valence-corrected chi connectivity index (χ1v) is 7.03. The van der Waals surface area contributed by atoms with Crippen molar-refractivity contribution in [2.45, 2.75) is 12.0 Å². The first kappa shape index (κ1) is 13.0. The molecule has 0 spiro atoms. The first-order chi connectivity index (χ1) is 10.6. The van der Waals surface area contributed by atoms with E-state index in [4.69, 9.17) is 5.73 Å². The summed E-state index contributed by atoms with van der Waals surface area (Å²) in [7, 11) is 0. The second kappa shape index (κ2) is 4.38. The molecule has 1 aromatic heterocycles. The van der Waals surface area contributed by atoms with Gasteiger partial charge in [0.05, 0.1) is 17.4 Å². The van der Waals surface area contributed by atoms with Crippen LogP contribution in [0.1, 0.15) is 16.8 Å². The zero-order valence-corrected chi connectivity index (χ0v) is 11.7. The molecule has 110 valence electrons. The standard InChI is InChI=1S/C16H14N4O2/c17-10-2-1-3-11(8-10)20-7-5-16(22)14(21)12-4-6-18-9-13(12)19-15(16)20/h1-4,6,8-9,22H,5,7,17H2. The lowest BCUT2D eigenvalue weighted by atomic mass is 9.88. The van der Waals surface area contributed by atoms with Gasteiger partial charge in [-0.15, -0.1) is 0 Å². The molecule has 6 heteroatoms. The summed E-state index contributed by atoms with van der Waals surface area (Å²) in [5.74, 6) is 0.0323. The Bertz CT molecular complexity index is 817. The SMILES string of the molecule is Nc1cccc(N2CCC3(O)C(=O)c4ccncc4N=C23)c1. The predicted octanol–water partition coefficient (Wildman–Crippen LogP) is 1.53. The molecule has 1 saturated heterocycles. The molecule has 2 aliphatic rings. The Hall–Kier alpha value is -2.73. The van der Waals surface area contributed by atoms with Crippen molar-refractivity contribution >= 4 is 28.7 Å². The van der Waals surface area contributed by atoms with Crippen molar-refractivity contribution in [2.24, 2.45) is 4.99 Å². The molecule has 0 saturated carbocycles. The Morgan fingerprint density at radius 3 is 3.00 bits per heavy atom. The molecule has 4 rings (SSSR count). The number of ketones is 1. The van der Waals surface area contributed by atoms with E-state index < -0.39 is 5.60 Å². The van der Waals surface area contributed by atoms with Gasteiger partial charge in [0.1, 0.15) is 5.84 Å². The van der Waals surface area contributed by atoms with Crippen molar-refractivity contribution in [1.82, 2.24) is 4.98 Å². The average Bonchev–Trinajstić information content (AvgIpc) is 2.86. The summed E-state index contributed by atoms with van der Waals surface area (Å²) in [5.41, 5.74) is 6.59. The molecule has 0 radical (unpaired) electrons. The Morgan fingerprint density at radius 1 is 1.32 bits per heavy atom. The number of amidine groups is 1. The van der Waals surface area contributed by atoms with Gasteiger partial charge in [-0.2, -0.15) is 0 Å². The number of hydrogen-bond acceptors (Lipinski definition) is 6. The van der Waals surface area contributed by atoms with Crippen LogP contribution < -0.4 is 10.6 Å². The first-order valence-electron chi connectivity index (χ1n) is 7.03. The molecule has 6 nitrogen and oxygen atoms in total. The van der Waals surface area contributed by atoms with Crippen LogP contribution in [0.3, 0.4) is 0 Å². The van der Waals surface area contributed by atoms with E-state index in [2.05, 4.69) is 9.98 Å². The van der Waals surface area contributed by atoms with Gasteiger partial charge in [0.25, 0.3) is 0 Å². The maximum absolute atomic E-state index is 12.7. The quantitative estimate of drug-likeness (QED) is 0.778. The fourth-order valence-corrected chi connectivity index (χ4v) is 3.03. The molecule has 2 aliphatic heterocycles. The monoisotopic (exact) mass is 294 g/mol. The van der Waals surface area contributed by atoms with E-state index in [0.29, 0.717) is 35.7 Å². The summed E-state index contributed by atoms with van der Waals surface area (Å²) in [6.45, 7) is 0.506. The molecular weight excluding hydrogens is 280 g/mol. The maximum Gasteiger partial charge on any atom is 0.204 e. The molecule has 1 atom stereocenters. The van der Waals surface area contributed by atoms with E-state index in [1.54, 1.807) is 18.2 Å². The zero-order valence-electron chi connectivity index (χ0n) is 11.7. The number of aliphatic hydroxyl groups is 1. The van der Waals surface area contributed by atoms with Gasteiger partial charge >= 0.3 is 0 Å². The van der Waals surface area contributed by atoms with Crippen LogP contribution in [0.2, 0.25) is 0 Å². The summed E-state index contributed by atoms with van der Waals surface area (Å²) < 4.78 is 0. The van der Waals surface area contributed by atoms with E-state index in [1.165, 1.54) is 12.4 Å². The number of carbonyl (C=O) groups excluding carboxylic acids is 1. The second-order valence-corrected chi connectivity index (χ2v) is 5.51. The number of fused-ring (bicyclic) bond motifs is 2. The van der Waals surface area contributed by atoms with E-state index in [1.807, 2.05) is 17.0 Å². The summed E-state index contributed by atoms with van der Waals surface area (Å²) in [5, 5.41) is 10.9. The predicted molar refractivity (Wildman–Crippen MR) is 83.4 cm³/mol. The Morgan fingerprint density at radius 2 is 2.18 bits per heavy atom. The summed E-state index contributed by atoms with van der Waals surface area (Å²) in [4.78, 5) is 23.0. The number of rotatable bonds is 1. The Labute approximate surface area is 126 Å². The number of nitrogens with zero attached hydrogens (tertiary/aromatic N) is 3. The molecule has 1 unspecified atom stereocenters. The minimum atomic E-state index is -1.57. The number of anilines is 2. The van der Waals surface area contributed by atoms with Crippen LogP contribution in [0.4, 0.5) is 17.1 Å². The highest BCUT2D eigenvalue weighted by Crippen LogP contribution is 2.39. The molecule has 0 bridgehead atoms. The van der Waals surface area contributed by atoms with Gasteiger partial charge in [0.15, 0.2) is 5.60 Å². The third-order valence-electron chi connectivity index (χ3n) is 4.15. The maximum atomic E-state index is 12.7. The van der Waals surface area contributed by atoms with Crippen LogP contribution in [-0.2, 0) is 0 Å². The lowest BCUT2D eigenvalue weighted by Crippen LogP contribution is -2.48. The number of Topliss-reactive ketones (excluding diaryl/α,β-unsaturated/α-hetero) is 1. The van der Waals surface area contributed by atoms with Crippen molar-refractivity contribution in [3.8, 4) is 0 Å². The number of carbonyl (C=O) groups is 1. The van der Waals surface area contributed by atoms with Crippen molar-refractivity contribution in [3.63, 3.8) is 0 Å². The van der Waals surface area contributed by atoms with E-state index in [-0.39, 0.29) is 5.78 Å². The molecule has 3 heterocycles. The van der Waals surface area contributed by atoms with Gasteiger partial charge in [-0.1, -0.05) is 6.07 Å². The molecule has 22 heavy (non-hydrogen) atoms. The number of nitrogens with two attached hydrogens (primary N) is 1. The van der Waals surface area contributed by atoms with Gasteiger partial charge in [0, 0.05) is 30.5 Å². The van der Waals surface area contributed by atoms with Crippen LogP contribution in [0.15, 0.2) is 47.7 Å². The van der Waals surface area contributed by atoms with Crippen LogP contribution in [0.5, 0.6) is 0 Å². The molecule has 2 aromatic rings. The van der Waals surface area contributed by atoms with Crippen molar-refractivity contribution in [1.29, 1.82) is 0 Å². The molecule has 1 aromatic carbocycles. The van der Waals surface area contributed by atoms with Gasteiger partial charge in [0.2, 0.25) is 5.78 Å². The highest BCUT2D eigenvalue weighted by Gasteiger charge is 2.52. The third-order valence-corrected chi connectivity index (χ3v) is 4.15. The number of aliphatic imine (C=N–C) groups is 1. The third kappa shape index (κ3) is 1.67. The fraction of sp³-hybridized carbons (Fsp3) is 0.188. The lowest BCUT2D eigenvalue weighted by Gasteiger charge is -2.29. The summed E-state index contributed by atoms with van der Waals surface area (Å²) >= 11 is 0. The molecule has 3 N–H and O–H groups in total. The second-order valence-electron chi connectivity index (χ2n) is 5.51. The lowest BCUT2D eigenvalue weighted by molar-refractivity contribution is 0.0602. The van der Waals surface area contributed by atoms with E-state index >= 15 is 0 Å². The topological polar surface area (TPSA) is 91.8 Å². The zero-order chi connectivity index (χ0) is 15.3. The number of nitrogen functional groups attached to an aromatic ring is 1. The number of hydrogen-bond donors (Lipinski definition) is 2. The molecular formula is C16H14N4O2. The number of aromatic nitrogens is 1. The minimum absolute atomic E-state index is 0.307. The Kier molecular flexibility index (Phi) is 2.58. The highest BCUT2D eigenvalue weighted by molar-refractivity contribution is 6.28. The minimum Gasteiger partial charge on any atom is -0.399 e. The van der Waals surface area contributed by atoms with Gasteiger partial charge in [-0.3, -0.25) is 9.78 Å². The molecule has 0 aliphatic carbocycles. The van der Waals surface area contributed by atoms with Crippen molar-refractivity contribution in [3.05, 3.63) is 48.3 Å². The number of pyridine rings is 1. The van der Waals surface area contributed by atoms with Crippen LogP contribution in [0, 0.1) is 0 Å². The average molecular weight is 294 g/mol. The Balaban J connectivity index is 1.87. The normalized spacial score (nSPS) is 23.0. The van der Waals surface area contributed by atoms with E-state index in [0.717, 1.165) is 5.69 Å². The van der Waals surface area contributed by atoms with Crippen molar-refractivity contribution in [2.75, 3.05) is 17.2 Å². The van der Waals surface area contributed by atoms with Crippen LogP contribution in [-0.4, -0.2) is 33.9 Å². The summed E-state index contributed by atoms with van der Waals surface area (Å²) in [6.07, 6.45) is 3.38. The molecule has 0 amide bonds. The number of benzene rings is 1. The van der Waals surface area contributed by atoms with Crippen molar-refractivity contribution < 1.29 is 9.90 Å². The van der Waals surface area contributed by atoms with Gasteiger partial charge in [-0.25, -0.2) is 4.99 Å². The van der Waals surface area contributed by atoms with Crippen LogP contribution >= 0.6 is 0 Å². The molecule has 1 fully saturated rings.